The number of carbonyl (C=O) groups is 3. The van der Waals surface area contributed by atoms with Gasteiger partial charge in [-0.3, -0.25) is 14.5 Å². The van der Waals surface area contributed by atoms with Crippen molar-refractivity contribution in [1.29, 1.82) is 0 Å². The van der Waals surface area contributed by atoms with E-state index in [-0.39, 0.29) is 42.2 Å². The first-order chi connectivity index (χ1) is 12.8. The number of likely N-dealkylation sites (N-methyl/N-ethyl adjacent to an activating group) is 1. The lowest BCUT2D eigenvalue weighted by atomic mass is 10.1. The Hall–Kier alpha value is -2.87. The first-order valence-electron chi connectivity index (χ1n) is 8.78. The molecule has 4 amide bonds. The largest absolute Gasteiger partial charge is 0.508 e. The summed E-state index contributed by atoms with van der Waals surface area (Å²) in [6, 6.07) is 6.33. The number of rotatable bonds is 8. The quantitative estimate of drug-likeness (QED) is 0.575. The molecule has 0 aromatic heterocycles. The second-order valence-electron chi connectivity index (χ2n) is 6.86. The number of imide groups is 1. The van der Waals surface area contributed by atoms with Crippen LogP contribution in [0.2, 0.25) is 0 Å². The third kappa shape index (κ3) is 6.10. The molecule has 0 unspecified atom stereocenters. The average Bonchev–Trinajstić information content (AvgIpc) is 2.91. The lowest BCUT2D eigenvalue weighted by molar-refractivity contribution is -0.137. The molecular weight excluding hydrogens is 348 g/mol. The first kappa shape index (κ1) is 20.4. The zero-order chi connectivity index (χ0) is 20.0. The molecule has 1 heterocycles. The first-order valence-corrected chi connectivity index (χ1v) is 8.78. The molecule has 2 atom stereocenters. The second-order valence-corrected chi connectivity index (χ2v) is 6.86. The highest BCUT2D eigenvalue weighted by molar-refractivity contribution is 6.12. The number of benzene rings is 1. The molecule has 1 aliphatic heterocycles. The van der Waals surface area contributed by atoms with Crippen LogP contribution in [0.4, 0.5) is 4.79 Å². The molecule has 146 valence electrons. The second kappa shape index (κ2) is 9.18. The fourth-order valence-corrected chi connectivity index (χ4v) is 2.76. The van der Waals surface area contributed by atoms with Crippen molar-refractivity contribution in [2.45, 2.75) is 25.4 Å². The SMILES string of the molecule is C[C@@H](CN1C(=O)C=CC1=O)NC(=O)NC[C@H](Cc1ccc(O)cc1)N(C)C. The minimum absolute atomic E-state index is 0.0709. The van der Waals surface area contributed by atoms with Crippen molar-refractivity contribution in [3.63, 3.8) is 0 Å². The Morgan fingerprint density at radius 1 is 1.15 bits per heavy atom. The van der Waals surface area contributed by atoms with Gasteiger partial charge in [-0.2, -0.15) is 0 Å². The highest BCUT2D eigenvalue weighted by Gasteiger charge is 2.25. The third-order valence-corrected chi connectivity index (χ3v) is 4.37. The van der Waals surface area contributed by atoms with Gasteiger partial charge in [0.1, 0.15) is 5.75 Å². The number of hydrogen-bond donors (Lipinski definition) is 3. The van der Waals surface area contributed by atoms with Gasteiger partial charge in [-0.05, 0) is 45.1 Å². The van der Waals surface area contributed by atoms with E-state index in [0.29, 0.717) is 13.0 Å². The van der Waals surface area contributed by atoms with Gasteiger partial charge in [0.25, 0.3) is 11.8 Å². The van der Waals surface area contributed by atoms with Gasteiger partial charge in [0.05, 0.1) is 0 Å². The topological polar surface area (TPSA) is 102 Å². The molecule has 0 fully saturated rings. The molecule has 1 aliphatic rings. The number of nitrogens with zero attached hydrogens (tertiary/aromatic N) is 2. The Morgan fingerprint density at radius 2 is 1.74 bits per heavy atom. The Labute approximate surface area is 158 Å². The van der Waals surface area contributed by atoms with Crippen LogP contribution in [-0.2, 0) is 16.0 Å². The van der Waals surface area contributed by atoms with Crippen molar-refractivity contribution in [2.75, 3.05) is 27.2 Å². The van der Waals surface area contributed by atoms with Crippen molar-refractivity contribution in [1.82, 2.24) is 20.4 Å². The maximum Gasteiger partial charge on any atom is 0.315 e. The molecule has 0 bridgehead atoms. The van der Waals surface area contributed by atoms with Crippen molar-refractivity contribution < 1.29 is 19.5 Å². The number of phenolic OH excluding ortho intramolecular Hbond substituents is 1. The minimum Gasteiger partial charge on any atom is -0.508 e. The fraction of sp³-hybridized carbons (Fsp3) is 0.421. The van der Waals surface area contributed by atoms with Crippen molar-refractivity contribution in [3.8, 4) is 5.75 Å². The normalized spacial score (nSPS) is 15.9. The van der Waals surface area contributed by atoms with E-state index in [1.807, 2.05) is 31.1 Å². The lowest BCUT2D eigenvalue weighted by Crippen LogP contribution is -2.50. The van der Waals surface area contributed by atoms with Crippen LogP contribution in [0.5, 0.6) is 5.75 Å². The Kier molecular flexibility index (Phi) is 6.95. The van der Waals surface area contributed by atoms with Gasteiger partial charge in [-0.25, -0.2) is 4.79 Å². The molecule has 0 saturated carbocycles. The standard InChI is InChI=1S/C19H26N4O4/c1-13(12-23-17(25)8-9-18(23)26)21-19(27)20-11-15(22(2)3)10-14-4-6-16(24)7-5-14/h4-9,13,15,24H,10-12H2,1-3H3,(H2,20,21,27)/t13-,15-/m0/s1. The van der Waals surface area contributed by atoms with E-state index in [9.17, 15) is 19.5 Å². The van der Waals surface area contributed by atoms with E-state index in [2.05, 4.69) is 10.6 Å². The van der Waals surface area contributed by atoms with Crippen LogP contribution in [0, 0.1) is 0 Å². The number of carbonyl (C=O) groups excluding carboxylic acids is 3. The molecule has 8 heteroatoms. The van der Waals surface area contributed by atoms with E-state index < -0.39 is 0 Å². The number of aromatic hydroxyl groups is 1. The lowest BCUT2D eigenvalue weighted by Gasteiger charge is -2.26. The Balaban J connectivity index is 1.80. The van der Waals surface area contributed by atoms with Crippen LogP contribution in [0.15, 0.2) is 36.4 Å². The molecule has 3 N–H and O–H groups in total. The molecule has 0 spiro atoms. The van der Waals surface area contributed by atoms with E-state index in [1.165, 1.54) is 12.2 Å². The van der Waals surface area contributed by atoms with Crippen LogP contribution >= 0.6 is 0 Å². The fourth-order valence-electron chi connectivity index (χ4n) is 2.76. The number of urea groups is 1. The molecule has 0 radical (unpaired) electrons. The van der Waals surface area contributed by atoms with Crippen LogP contribution in [0.3, 0.4) is 0 Å². The van der Waals surface area contributed by atoms with Gasteiger partial charge in [-0.15, -0.1) is 0 Å². The predicted octanol–water partition coefficient (Wildman–Crippen LogP) is 0.478. The maximum absolute atomic E-state index is 12.1. The summed E-state index contributed by atoms with van der Waals surface area (Å²) in [6.45, 7) is 2.29. The van der Waals surface area contributed by atoms with E-state index in [1.54, 1.807) is 19.1 Å². The molecule has 0 saturated heterocycles. The van der Waals surface area contributed by atoms with Gasteiger partial charge in [0, 0.05) is 37.3 Å². The van der Waals surface area contributed by atoms with Crippen molar-refractivity contribution in [2.24, 2.45) is 0 Å². The maximum atomic E-state index is 12.1. The number of nitrogens with one attached hydrogen (secondary N) is 2. The average molecular weight is 374 g/mol. The highest BCUT2D eigenvalue weighted by atomic mass is 16.3. The van der Waals surface area contributed by atoms with Gasteiger partial charge >= 0.3 is 6.03 Å². The zero-order valence-corrected chi connectivity index (χ0v) is 15.8. The highest BCUT2D eigenvalue weighted by Crippen LogP contribution is 2.12. The molecule has 0 aliphatic carbocycles. The summed E-state index contributed by atoms with van der Waals surface area (Å²) >= 11 is 0. The molecule has 2 rings (SSSR count). The smallest absolute Gasteiger partial charge is 0.315 e. The summed E-state index contributed by atoms with van der Waals surface area (Å²) in [4.78, 5) is 38.4. The van der Waals surface area contributed by atoms with Gasteiger partial charge in [-0.1, -0.05) is 12.1 Å². The van der Waals surface area contributed by atoms with E-state index in [0.717, 1.165) is 10.5 Å². The monoisotopic (exact) mass is 374 g/mol. The number of phenols is 1. The van der Waals surface area contributed by atoms with Gasteiger partial charge in [0.15, 0.2) is 0 Å². The van der Waals surface area contributed by atoms with Crippen LogP contribution in [0.25, 0.3) is 0 Å². The summed E-state index contributed by atoms with van der Waals surface area (Å²) in [5.41, 5.74) is 1.06. The molecule has 8 nitrogen and oxygen atoms in total. The summed E-state index contributed by atoms with van der Waals surface area (Å²) in [7, 11) is 3.87. The molecular formula is C19H26N4O4. The molecule has 27 heavy (non-hydrogen) atoms. The summed E-state index contributed by atoms with van der Waals surface area (Å²) < 4.78 is 0. The predicted molar refractivity (Wildman–Crippen MR) is 101 cm³/mol. The Morgan fingerprint density at radius 3 is 2.30 bits per heavy atom. The number of hydrogen-bond acceptors (Lipinski definition) is 5. The summed E-state index contributed by atoms with van der Waals surface area (Å²) in [5, 5.41) is 14.9. The third-order valence-electron chi connectivity index (χ3n) is 4.37. The van der Waals surface area contributed by atoms with Crippen LogP contribution in [0.1, 0.15) is 12.5 Å². The van der Waals surface area contributed by atoms with Crippen LogP contribution < -0.4 is 10.6 Å². The van der Waals surface area contributed by atoms with Crippen LogP contribution in [-0.4, -0.2) is 72.0 Å². The van der Waals surface area contributed by atoms with Gasteiger partial charge < -0.3 is 20.6 Å². The van der Waals surface area contributed by atoms with Gasteiger partial charge in [0.2, 0.25) is 0 Å². The zero-order valence-electron chi connectivity index (χ0n) is 15.8. The van der Waals surface area contributed by atoms with Crippen molar-refractivity contribution in [3.05, 3.63) is 42.0 Å². The molecule has 1 aromatic carbocycles. The minimum atomic E-state index is -0.368. The summed E-state index contributed by atoms with van der Waals surface area (Å²) in [5.74, 6) is -0.511. The molecule has 1 aromatic rings. The van der Waals surface area contributed by atoms with Crippen molar-refractivity contribution >= 4 is 17.8 Å². The Bertz CT molecular complexity index is 697. The number of amides is 4. The van der Waals surface area contributed by atoms with E-state index >= 15 is 0 Å². The summed E-state index contributed by atoms with van der Waals surface area (Å²) in [6.07, 6.45) is 3.16. The van der Waals surface area contributed by atoms with E-state index in [4.69, 9.17) is 0 Å².